The van der Waals surface area contributed by atoms with Crippen molar-refractivity contribution < 1.29 is 8.78 Å². The van der Waals surface area contributed by atoms with Crippen molar-refractivity contribution in [2.24, 2.45) is 0 Å². The van der Waals surface area contributed by atoms with Gasteiger partial charge in [-0.05, 0) is 29.7 Å². The minimum absolute atomic E-state index is 0.335. The Labute approximate surface area is 122 Å². The van der Waals surface area contributed by atoms with Crippen molar-refractivity contribution in [1.82, 2.24) is 0 Å². The first-order chi connectivity index (χ1) is 9.06. The minimum Gasteiger partial charge on any atom is -0.207 e. The number of hydrogen-bond acceptors (Lipinski definition) is 1. The molecule has 0 nitrogen and oxygen atoms in total. The van der Waals surface area contributed by atoms with Crippen molar-refractivity contribution in [3.8, 4) is 10.4 Å². The molecule has 0 N–H and O–H groups in total. The standard InChI is InChI=1S/C14H5Cl2F2S/c15-10-4-1-7-5-12(19-14(7)13(10)16)9-3-2-8(17)6-11(9)18/h1-3,5-6H. The van der Waals surface area contributed by atoms with Gasteiger partial charge in [0, 0.05) is 22.6 Å². The van der Waals surface area contributed by atoms with Crippen LogP contribution in [0.2, 0.25) is 10.0 Å². The van der Waals surface area contributed by atoms with Crippen LogP contribution in [0.3, 0.4) is 0 Å². The van der Waals surface area contributed by atoms with Gasteiger partial charge in [-0.15, -0.1) is 11.3 Å². The molecule has 0 atom stereocenters. The van der Waals surface area contributed by atoms with Crippen LogP contribution in [-0.4, -0.2) is 0 Å². The van der Waals surface area contributed by atoms with Crippen molar-refractivity contribution in [2.75, 3.05) is 0 Å². The van der Waals surface area contributed by atoms with E-state index in [2.05, 4.69) is 6.07 Å². The van der Waals surface area contributed by atoms with Gasteiger partial charge >= 0.3 is 0 Å². The monoisotopic (exact) mass is 313 g/mol. The highest BCUT2D eigenvalue weighted by Gasteiger charge is 2.13. The van der Waals surface area contributed by atoms with E-state index in [-0.39, 0.29) is 0 Å². The highest BCUT2D eigenvalue weighted by molar-refractivity contribution is 7.23. The van der Waals surface area contributed by atoms with Gasteiger partial charge < -0.3 is 0 Å². The highest BCUT2D eigenvalue weighted by atomic mass is 35.5. The molecule has 0 aliphatic rings. The Morgan fingerprint density at radius 3 is 2.63 bits per heavy atom. The fraction of sp³-hybridized carbons (Fsp3) is 0. The number of hydrogen-bond donors (Lipinski definition) is 0. The van der Waals surface area contributed by atoms with E-state index < -0.39 is 11.6 Å². The lowest BCUT2D eigenvalue weighted by Gasteiger charge is -1.99. The van der Waals surface area contributed by atoms with Crippen LogP contribution < -0.4 is 0 Å². The molecule has 0 unspecified atom stereocenters. The normalized spacial score (nSPS) is 11.2. The molecule has 0 saturated heterocycles. The molecule has 1 radical (unpaired) electrons. The van der Waals surface area contributed by atoms with Crippen molar-refractivity contribution in [3.05, 3.63) is 58.1 Å². The maximum absolute atomic E-state index is 13.7. The van der Waals surface area contributed by atoms with Crippen LogP contribution in [0, 0.1) is 17.7 Å². The van der Waals surface area contributed by atoms with Gasteiger partial charge in [0.25, 0.3) is 0 Å². The number of fused-ring (bicyclic) bond motifs is 1. The summed E-state index contributed by atoms with van der Waals surface area (Å²) >= 11 is 13.3. The average Bonchev–Trinajstić information content (AvgIpc) is 2.78. The summed E-state index contributed by atoms with van der Waals surface area (Å²) in [5.41, 5.74) is 0.342. The summed E-state index contributed by atoms with van der Waals surface area (Å²) in [6, 6.07) is 9.80. The van der Waals surface area contributed by atoms with Crippen molar-refractivity contribution in [3.63, 3.8) is 0 Å². The van der Waals surface area contributed by atoms with Gasteiger partial charge in [-0.25, -0.2) is 8.78 Å². The second kappa shape index (κ2) is 4.75. The predicted molar refractivity (Wildman–Crippen MR) is 76.0 cm³/mol. The molecule has 2 aromatic carbocycles. The molecule has 1 aromatic heterocycles. The SMILES string of the molecule is Fc1ccc(-c2cc3c[c]c(Cl)c(Cl)c3s2)c(F)c1. The molecule has 0 aliphatic carbocycles. The first-order valence-corrected chi connectivity index (χ1v) is 6.88. The van der Waals surface area contributed by atoms with Gasteiger partial charge in [-0.1, -0.05) is 23.2 Å². The smallest absolute Gasteiger partial charge is 0.134 e. The average molecular weight is 314 g/mol. The summed E-state index contributed by atoms with van der Waals surface area (Å²) in [4.78, 5) is 0.671. The lowest BCUT2D eigenvalue weighted by atomic mass is 10.1. The quantitative estimate of drug-likeness (QED) is 0.520. The van der Waals surface area contributed by atoms with Gasteiger partial charge in [-0.3, -0.25) is 0 Å². The molecular formula is C14H5Cl2F2S. The second-order valence-electron chi connectivity index (χ2n) is 3.94. The number of rotatable bonds is 1. The van der Waals surface area contributed by atoms with E-state index in [1.165, 1.54) is 23.5 Å². The summed E-state index contributed by atoms with van der Waals surface area (Å²) in [7, 11) is 0. The van der Waals surface area contributed by atoms with E-state index in [1.54, 1.807) is 12.1 Å². The van der Waals surface area contributed by atoms with Crippen LogP contribution in [0.15, 0.2) is 30.3 Å². The lowest BCUT2D eigenvalue weighted by Crippen LogP contribution is -1.83. The van der Waals surface area contributed by atoms with Crippen molar-refractivity contribution >= 4 is 44.6 Å². The molecule has 0 bridgehead atoms. The Balaban J connectivity index is 2.23. The predicted octanol–water partition coefficient (Wildman–Crippen LogP) is 5.95. The van der Waals surface area contributed by atoms with Crippen LogP contribution in [0.25, 0.3) is 20.5 Å². The number of halogens is 4. The first-order valence-electron chi connectivity index (χ1n) is 5.31. The lowest BCUT2D eigenvalue weighted by molar-refractivity contribution is 0.586. The third-order valence-electron chi connectivity index (χ3n) is 2.70. The molecule has 1 heterocycles. The van der Waals surface area contributed by atoms with Gasteiger partial charge in [0.05, 0.1) is 14.7 Å². The summed E-state index contributed by atoms with van der Waals surface area (Å²) in [6.07, 6.45) is 0. The molecule has 95 valence electrons. The molecule has 3 rings (SSSR count). The maximum atomic E-state index is 13.7. The second-order valence-corrected chi connectivity index (χ2v) is 5.74. The zero-order valence-corrected chi connectivity index (χ0v) is 11.6. The molecule has 0 saturated carbocycles. The molecule has 5 heteroatoms. The van der Waals surface area contributed by atoms with Crippen LogP contribution in [0.5, 0.6) is 0 Å². The van der Waals surface area contributed by atoms with E-state index >= 15 is 0 Å². The Hall–Kier alpha value is -1.16. The summed E-state index contributed by atoms with van der Waals surface area (Å²) in [5.74, 6) is -1.20. The summed E-state index contributed by atoms with van der Waals surface area (Å²) in [6.45, 7) is 0. The minimum atomic E-state index is -0.600. The zero-order chi connectivity index (χ0) is 13.6. The van der Waals surface area contributed by atoms with Crippen molar-refractivity contribution in [2.45, 2.75) is 0 Å². The Kier molecular flexibility index (Phi) is 3.21. The molecule has 3 aromatic rings. The van der Waals surface area contributed by atoms with Gasteiger partial charge in [0.1, 0.15) is 11.6 Å². The fourth-order valence-electron chi connectivity index (χ4n) is 1.81. The molecule has 0 fully saturated rings. The fourth-order valence-corrected chi connectivity index (χ4v) is 3.40. The Bertz CT molecular complexity index is 780. The number of thiophene rings is 1. The highest BCUT2D eigenvalue weighted by Crippen LogP contribution is 2.40. The van der Waals surface area contributed by atoms with Crippen LogP contribution in [0.4, 0.5) is 8.78 Å². The van der Waals surface area contributed by atoms with Crippen LogP contribution in [0.1, 0.15) is 0 Å². The van der Waals surface area contributed by atoms with Crippen molar-refractivity contribution in [1.29, 1.82) is 0 Å². The van der Waals surface area contributed by atoms with E-state index in [0.717, 1.165) is 16.2 Å². The van der Waals surface area contributed by atoms with Crippen LogP contribution in [-0.2, 0) is 0 Å². The van der Waals surface area contributed by atoms with Gasteiger partial charge in [0.15, 0.2) is 0 Å². The van der Waals surface area contributed by atoms with Gasteiger partial charge in [0.2, 0.25) is 0 Å². The third-order valence-corrected chi connectivity index (χ3v) is 4.79. The zero-order valence-electron chi connectivity index (χ0n) is 9.31. The number of benzene rings is 2. The van der Waals surface area contributed by atoms with Gasteiger partial charge in [-0.2, -0.15) is 0 Å². The topological polar surface area (TPSA) is 0 Å². The third kappa shape index (κ3) is 2.22. The molecule has 0 amide bonds. The largest absolute Gasteiger partial charge is 0.207 e. The maximum Gasteiger partial charge on any atom is 0.134 e. The summed E-state index contributed by atoms with van der Waals surface area (Å²) < 4.78 is 27.4. The molecular weight excluding hydrogens is 309 g/mol. The van der Waals surface area contributed by atoms with E-state index in [0.29, 0.717) is 20.5 Å². The Morgan fingerprint density at radius 1 is 1.11 bits per heavy atom. The van der Waals surface area contributed by atoms with E-state index in [1.807, 2.05) is 0 Å². The first kappa shape index (κ1) is 12.9. The Morgan fingerprint density at radius 2 is 1.89 bits per heavy atom. The van der Waals surface area contributed by atoms with E-state index in [9.17, 15) is 8.78 Å². The summed E-state index contributed by atoms with van der Waals surface area (Å²) in [5, 5.41) is 1.57. The van der Waals surface area contributed by atoms with Crippen LogP contribution >= 0.6 is 34.5 Å². The molecule has 0 aliphatic heterocycles. The molecule has 19 heavy (non-hydrogen) atoms. The van der Waals surface area contributed by atoms with E-state index in [4.69, 9.17) is 23.2 Å². The molecule has 0 spiro atoms.